The third-order valence-electron chi connectivity index (χ3n) is 3.28. The van der Waals surface area contributed by atoms with Crippen molar-refractivity contribution in [2.45, 2.75) is 32.9 Å². The highest BCUT2D eigenvalue weighted by molar-refractivity contribution is 5.23. The number of halogens is 1. The molecule has 2 rings (SSSR count). The first-order chi connectivity index (χ1) is 10.2. The summed E-state index contributed by atoms with van der Waals surface area (Å²) < 4.78 is 20.9. The Bertz CT molecular complexity index is 556. The number of rotatable bonds is 8. The van der Waals surface area contributed by atoms with Gasteiger partial charge in [0.25, 0.3) is 0 Å². The highest BCUT2D eigenvalue weighted by Crippen LogP contribution is 2.14. The molecule has 4 nitrogen and oxygen atoms in total. The summed E-state index contributed by atoms with van der Waals surface area (Å²) in [5, 5.41) is 3.37. The van der Waals surface area contributed by atoms with Crippen molar-refractivity contribution >= 4 is 0 Å². The highest BCUT2D eigenvalue weighted by atomic mass is 19.1. The predicted molar refractivity (Wildman–Crippen MR) is 81.0 cm³/mol. The number of hydrogen-bond donors (Lipinski definition) is 1. The second-order valence-electron chi connectivity index (χ2n) is 4.98. The molecular weight excluding hydrogens is 269 g/mol. The highest BCUT2D eigenvalue weighted by Gasteiger charge is 2.06. The largest absolute Gasteiger partial charge is 0.489 e. The van der Waals surface area contributed by atoms with Crippen LogP contribution in [0.15, 0.2) is 36.7 Å². The molecular formula is C16H22FN3O. The Hall–Kier alpha value is -1.88. The van der Waals surface area contributed by atoms with E-state index < -0.39 is 0 Å². The van der Waals surface area contributed by atoms with Crippen LogP contribution in [-0.4, -0.2) is 28.7 Å². The number of imidazole rings is 1. The van der Waals surface area contributed by atoms with Crippen LogP contribution in [0.4, 0.5) is 4.39 Å². The second-order valence-corrected chi connectivity index (χ2v) is 4.98. The molecule has 114 valence electrons. The van der Waals surface area contributed by atoms with Crippen LogP contribution < -0.4 is 10.1 Å². The second kappa shape index (κ2) is 7.78. The zero-order valence-electron chi connectivity index (χ0n) is 12.6. The Balaban J connectivity index is 1.70. The van der Waals surface area contributed by atoms with Gasteiger partial charge in [-0.05, 0) is 19.1 Å². The lowest BCUT2D eigenvalue weighted by Gasteiger charge is -2.16. The molecule has 1 heterocycles. The van der Waals surface area contributed by atoms with Crippen LogP contribution in [0.25, 0.3) is 0 Å². The van der Waals surface area contributed by atoms with Crippen molar-refractivity contribution < 1.29 is 9.13 Å². The molecule has 1 aromatic heterocycles. The van der Waals surface area contributed by atoms with Crippen molar-refractivity contribution in [2.75, 3.05) is 13.2 Å². The average molecular weight is 291 g/mol. The molecule has 0 saturated carbocycles. The molecule has 1 aromatic carbocycles. The van der Waals surface area contributed by atoms with E-state index in [0.717, 1.165) is 18.8 Å². The van der Waals surface area contributed by atoms with Gasteiger partial charge in [-0.2, -0.15) is 0 Å². The maximum absolute atomic E-state index is 13.4. The smallest absolute Gasteiger partial charge is 0.165 e. The summed E-state index contributed by atoms with van der Waals surface area (Å²) in [4.78, 5) is 4.30. The maximum atomic E-state index is 13.4. The van der Waals surface area contributed by atoms with Gasteiger partial charge in [0.1, 0.15) is 12.4 Å². The van der Waals surface area contributed by atoms with Gasteiger partial charge in [-0.15, -0.1) is 0 Å². The Labute approximate surface area is 125 Å². The van der Waals surface area contributed by atoms with Crippen molar-refractivity contribution in [1.29, 1.82) is 0 Å². The standard InChI is InChI=1S/C16H22FN3O/c1-3-16-19-8-10-20(16)12-13(2)18-9-11-21-15-7-5-4-6-14(15)17/h4-8,10,13,18H,3,9,11-12H2,1-2H3. The number of benzene rings is 1. The molecule has 1 N–H and O–H groups in total. The Morgan fingerprint density at radius 3 is 2.95 bits per heavy atom. The summed E-state index contributed by atoms with van der Waals surface area (Å²) in [5.41, 5.74) is 0. The summed E-state index contributed by atoms with van der Waals surface area (Å²) in [7, 11) is 0. The van der Waals surface area contributed by atoms with Crippen LogP contribution >= 0.6 is 0 Å². The Morgan fingerprint density at radius 2 is 2.19 bits per heavy atom. The molecule has 0 aliphatic heterocycles. The molecule has 0 spiro atoms. The van der Waals surface area contributed by atoms with Crippen LogP contribution in [-0.2, 0) is 13.0 Å². The fraction of sp³-hybridized carbons (Fsp3) is 0.438. The molecule has 1 atom stereocenters. The summed E-state index contributed by atoms with van der Waals surface area (Å²) in [6.45, 7) is 6.19. The van der Waals surface area contributed by atoms with Crippen molar-refractivity contribution in [3.05, 3.63) is 48.3 Å². The number of hydrogen-bond acceptors (Lipinski definition) is 3. The molecule has 5 heteroatoms. The lowest BCUT2D eigenvalue weighted by atomic mass is 10.3. The van der Waals surface area contributed by atoms with Gasteiger partial charge in [0.05, 0.1) is 0 Å². The Kier molecular flexibility index (Phi) is 5.75. The van der Waals surface area contributed by atoms with Crippen LogP contribution in [0.2, 0.25) is 0 Å². The average Bonchev–Trinajstić information content (AvgIpc) is 2.92. The van der Waals surface area contributed by atoms with Gasteiger partial charge in [-0.3, -0.25) is 0 Å². The fourth-order valence-electron chi connectivity index (χ4n) is 2.21. The first-order valence-electron chi connectivity index (χ1n) is 7.31. The number of ether oxygens (including phenoxy) is 1. The van der Waals surface area contributed by atoms with Crippen molar-refractivity contribution in [2.24, 2.45) is 0 Å². The molecule has 1 unspecified atom stereocenters. The van der Waals surface area contributed by atoms with Gasteiger partial charge in [0.15, 0.2) is 11.6 Å². The third kappa shape index (κ3) is 4.56. The van der Waals surface area contributed by atoms with Crippen molar-refractivity contribution in [1.82, 2.24) is 14.9 Å². The quantitative estimate of drug-likeness (QED) is 0.760. The summed E-state index contributed by atoms with van der Waals surface area (Å²) in [5.74, 6) is 1.07. The van der Waals surface area contributed by atoms with Gasteiger partial charge in [0, 0.05) is 37.9 Å². The minimum atomic E-state index is -0.323. The van der Waals surface area contributed by atoms with E-state index in [1.165, 1.54) is 6.07 Å². The van der Waals surface area contributed by atoms with Gasteiger partial charge in [0.2, 0.25) is 0 Å². The first kappa shape index (κ1) is 15.5. The van der Waals surface area contributed by atoms with Crippen LogP contribution in [0.1, 0.15) is 19.7 Å². The molecule has 0 aliphatic carbocycles. The minimum absolute atomic E-state index is 0.300. The number of aromatic nitrogens is 2. The SMILES string of the molecule is CCc1nccn1CC(C)NCCOc1ccccc1F. The molecule has 2 aromatic rings. The van der Waals surface area contributed by atoms with Gasteiger partial charge < -0.3 is 14.6 Å². The molecule has 0 fully saturated rings. The molecule has 0 radical (unpaired) electrons. The van der Waals surface area contributed by atoms with Gasteiger partial charge in [-0.25, -0.2) is 9.37 Å². The van der Waals surface area contributed by atoms with E-state index in [1.807, 2.05) is 12.4 Å². The lowest BCUT2D eigenvalue weighted by Crippen LogP contribution is -2.33. The Morgan fingerprint density at radius 1 is 1.38 bits per heavy atom. The molecule has 0 saturated heterocycles. The lowest BCUT2D eigenvalue weighted by molar-refractivity contribution is 0.289. The van der Waals surface area contributed by atoms with Crippen LogP contribution in [0, 0.1) is 5.82 Å². The van der Waals surface area contributed by atoms with E-state index in [2.05, 4.69) is 28.7 Å². The number of nitrogens with zero attached hydrogens (tertiary/aromatic N) is 2. The summed E-state index contributed by atoms with van der Waals surface area (Å²) >= 11 is 0. The normalized spacial score (nSPS) is 12.3. The van der Waals surface area contributed by atoms with E-state index in [4.69, 9.17) is 4.74 Å². The predicted octanol–water partition coefficient (Wildman–Crippen LogP) is 2.64. The number of nitrogens with one attached hydrogen (secondary N) is 1. The minimum Gasteiger partial charge on any atom is -0.489 e. The van der Waals surface area contributed by atoms with E-state index in [9.17, 15) is 4.39 Å². The fourth-order valence-corrected chi connectivity index (χ4v) is 2.21. The molecule has 21 heavy (non-hydrogen) atoms. The van der Waals surface area contributed by atoms with Gasteiger partial charge >= 0.3 is 0 Å². The van der Waals surface area contributed by atoms with E-state index in [1.54, 1.807) is 18.2 Å². The summed E-state index contributed by atoms with van der Waals surface area (Å²) in [6, 6.07) is 6.75. The molecule has 0 amide bonds. The number of aryl methyl sites for hydroxylation is 1. The topological polar surface area (TPSA) is 39.1 Å². The van der Waals surface area contributed by atoms with Crippen LogP contribution in [0.5, 0.6) is 5.75 Å². The van der Waals surface area contributed by atoms with Crippen molar-refractivity contribution in [3.63, 3.8) is 0 Å². The summed E-state index contributed by atoms with van der Waals surface area (Å²) in [6.07, 6.45) is 4.75. The number of para-hydroxylation sites is 1. The van der Waals surface area contributed by atoms with E-state index in [-0.39, 0.29) is 5.82 Å². The van der Waals surface area contributed by atoms with Crippen molar-refractivity contribution in [3.8, 4) is 5.75 Å². The molecule has 0 aliphatic rings. The van der Waals surface area contributed by atoms with E-state index >= 15 is 0 Å². The third-order valence-corrected chi connectivity index (χ3v) is 3.28. The zero-order valence-corrected chi connectivity index (χ0v) is 12.6. The van der Waals surface area contributed by atoms with E-state index in [0.29, 0.717) is 24.9 Å². The monoisotopic (exact) mass is 291 g/mol. The maximum Gasteiger partial charge on any atom is 0.165 e. The molecule has 0 bridgehead atoms. The zero-order chi connectivity index (χ0) is 15.1. The first-order valence-corrected chi connectivity index (χ1v) is 7.31. The van der Waals surface area contributed by atoms with Crippen LogP contribution in [0.3, 0.4) is 0 Å². The van der Waals surface area contributed by atoms with Gasteiger partial charge in [-0.1, -0.05) is 19.1 Å².